The van der Waals surface area contributed by atoms with Gasteiger partial charge in [-0.15, -0.1) is 0 Å². The van der Waals surface area contributed by atoms with E-state index in [1.165, 1.54) is 0 Å². The van der Waals surface area contributed by atoms with Crippen molar-refractivity contribution in [3.63, 3.8) is 0 Å². The normalized spacial score (nSPS) is 20.2. The van der Waals surface area contributed by atoms with Crippen molar-refractivity contribution < 1.29 is 87.6 Å². The molecule has 0 saturated heterocycles. The predicted molar refractivity (Wildman–Crippen MR) is 50.4 cm³/mol. The second-order valence-corrected chi connectivity index (χ2v) is 6.40. The van der Waals surface area contributed by atoms with Crippen LogP contribution in [0.1, 0.15) is 0 Å². The third kappa shape index (κ3) is 3.26. The van der Waals surface area contributed by atoms with Crippen LogP contribution < -0.4 is 0 Å². The highest BCUT2D eigenvalue weighted by Gasteiger charge is 3.01. The molecule has 0 amide bonds. The molecule has 2 unspecified atom stereocenters. The van der Waals surface area contributed by atoms with E-state index in [0.717, 1.165) is 0 Å². The number of hydrogen-bond acceptors (Lipinski definition) is 3. The second kappa shape index (κ2) is 6.36. The first-order valence-electron chi connectivity index (χ1n) is 5.67. The second-order valence-electron chi connectivity index (χ2n) is 4.93. The van der Waals surface area contributed by atoms with Crippen molar-refractivity contribution in [2.75, 3.05) is 0 Å². The van der Waals surface area contributed by atoms with E-state index in [1.807, 2.05) is 0 Å². The molecule has 0 aliphatic rings. The Bertz CT molecular complexity index is 712. The minimum Gasteiger partial charge on any atom is -0.745 e. The maximum Gasteiger partial charge on any atom is 0.442 e. The molecule has 0 aromatic carbocycles. The van der Waals surface area contributed by atoms with Crippen molar-refractivity contribution in [2.24, 2.45) is 0 Å². The smallest absolute Gasteiger partial charge is 0.442 e. The lowest BCUT2D eigenvalue weighted by atomic mass is 9.76. The quantitative estimate of drug-likeness (QED) is 0.423. The molecule has 0 heterocycles. The van der Waals surface area contributed by atoms with Gasteiger partial charge in [-0.1, -0.05) is 0 Å². The summed E-state index contributed by atoms with van der Waals surface area (Å²) < 4.78 is 247. The number of rotatable bonds is 4. The maximum atomic E-state index is 13.8. The van der Waals surface area contributed by atoms with Crippen molar-refractivity contribution in [1.82, 2.24) is 0 Å². The van der Waals surface area contributed by atoms with Crippen LogP contribution in [-0.4, -0.2) is 59.9 Å². The van der Waals surface area contributed by atoms with E-state index in [1.54, 1.807) is 0 Å². The van der Waals surface area contributed by atoms with Gasteiger partial charge in [0.25, 0.3) is 0 Å². The van der Waals surface area contributed by atoms with Crippen LogP contribution >= 0.6 is 0 Å². The van der Waals surface area contributed by atoms with Crippen molar-refractivity contribution in [2.45, 2.75) is 47.0 Å². The SMILES string of the molecule is O=S(=O)([O-])C(F)(C(F)(F)F)C(F)(F)C(F)(C(F)(F)F)C(F)(C(F)(F)F)C(F)(F)F. The predicted octanol–water partition coefficient (Wildman–Crippen LogP) is 4.50. The van der Waals surface area contributed by atoms with E-state index in [2.05, 4.69) is 0 Å². The van der Waals surface area contributed by atoms with Gasteiger partial charge in [-0.25, -0.2) is 21.6 Å². The van der Waals surface area contributed by atoms with Crippen LogP contribution in [0.3, 0.4) is 0 Å². The highest BCUT2D eigenvalue weighted by atomic mass is 32.2. The fourth-order valence-corrected chi connectivity index (χ4v) is 2.58. The summed E-state index contributed by atoms with van der Waals surface area (Å²) in [5.41, 5.74) is -18.5. The minimum absolute atomic E-state index is 8.29. The lowest BCUT2D eigenvalue weighted by molar-refractivity contribution is -0.460. The lowest BCUT2D eigenvalue weighted by Crippen LogP contribution is -2.82. The first-order valence-corrected chi connectivity index (χ1v) is 7.08. The Balaban J connectivity index is 7.93. The van der Waals surface area contributed by atoms with E-state index in [4.69, 9.17) is 0 Å². The Hall–Kier alpha value is -1.28. The summed E-state index contributed by atoms with van der Waals surface area (Å²) in [6.45, 7) is 0. The Morgan fingerprint density at radius 1 is 0.448 bits per heavy atom. The standard InChI is InChI=1S/C8HF17O3S/c9-1(5(14,15)16,2(10,6(17,18)19)7(20,21)22)3(11,12)4(13,8(23,24)25)29(26,27)28/h(H,26,27,28)/p-1. The number of alkyl halides is 17. The zero-order valence-corrected chi connectivity index (χ0v) is 12.9. The van der Waals surface area contributed by atoms with Crippen molar-refractivity contribution >= 4 is 10.1 Å². The molecule has 0 spiro atoms. The van der Waals surface area contributed by atoms with E-state index in [9.17, 15) is 87.6 Å². The molecule has 0 saturated carbocycles. The Morgan fingerprint density at radius 3 is 0.828 bits per heavy atom. The van der Waals surface area contributed by atoms with Gasteiger partial charge in [0.15, 0.2) is 0 Å². The van der Waals surface area contributed by atoms with Gasteiger partial charge in [0.05, 0.1) is 0 Å². The summed E-state index contributed by atoms with van der Waals surface area (Å²) >= 11 is 0. The molecule has 29 heavy (non-hydrogen) atoms. The summed E-state index contributed by atoms with van der Waals surface area (Å²) in [5, 5.41) is -8.65. The van der Waals surface area contributed by atoms with Gasteiger partial charge < -0.3 is 4.55 Å². The summed E-state index contributed by atoms with van der Waals surface area (Å²) in [6.07, 6.45) is -34.1. The van der Waals surface area contributed by atoms with Crippen LogP contribution in [0.4, 0.5) is 74.6 Å². The molecule has 21 heteroatoms. The van der Waals surface area contributed by atoms with E-state index >= 15 is 0 Å². The molecule has 2 atom stereocenters. The molecule has 176 valence electrons. The fraction of sp³-hybridized carbons (Fsp3) is 1.00. The van der Waals surface area contributed by atoms with E-state index in [-0.39, 0.29) is 0 Å². The Kier molecular flexibility index (Phi) is 6.08. The summed E-state index contributed by atoms with van der Waals surface area (Å²) in [7, 11) is -8.81. The molecule has 0 aromatic rings. The van der Waals surface area contributed by atoms with Crippen LogP contribution in [0.5, 0.6) is 0 Å². The van der Waals surface area contributed by atoms with Gasteiger partial charge in [-0.05, 0) is 0 Å². The maximum absolute atomic E-state index is 13.8. The minimum atomic E-state index is -9.37. The Labute approximate surface area is 146 Å². The zero-order chi connectivity index (χ0) is 24.5. The van der Waals surface area contributed by atoms with Crippen LogP contribution in [0.2, 0.25) is 0 Å². The van der Waals surface area contributed by atoms with Gasteiger partial charge in [0, 0.05) is 0 Å². The van der Waals surface area contributed by atoms with Crippen LogP contribution in [0.25, 0.3) is 0 Å². The first-order chi connectivity index (χ1) is 12.0. The van der Waals surface area contributed by atoms with Gasteiger partial charge in [-0.2, -0.15) is 61.5 Å². The molecule has 0 bridgehead atoms. The Morgan fingerprint density at radius 2 is 0.690 bits per heavy atom. The first kappa shape index (κ1) is 27.7. The largest absolute Gasteiger partial charge is 0.745 e. The molecular formula is C8F17O3S-. The van der Waals surface area contributed by atoms with Crippen LogP contribution in [0.15, 0.2) is 0 Å². The summed E-state index contributed by atoms with van der Waals surface area (Å²) in [5.74, 6) is -9.24. The molecule has 0 rings (SSSR count). The van der Waals surface area contributed by atoms with Gasteiger partial charge in [-0.3, -0.25) is 0 Å². The molecule has 0 aromatic heterocycles. The summed E-state index contributed by atoms with van der Waals surface area (Å²) in [6, 6.07) is 0. The van der Waals surface area contributed by atoms with Crippen LogP contribution in [0, 0.1) is 0 Å². The molecule has 0 aliphatic carbocycles. The summed E-state index contributed by atoms with van der Waals surface area (Å²) in [4.78, 5) is 0. The molecular weight excluding hydrogens is 499 g/mol. The van der Waals surface area contributed by atoms with Crippen molar-refractivity contribution in [3.05, 3.63) is 0 Å². The topological polar surface area (TPSA) is 57.2 Å². The molecule has 0 aliphatic heterocycles. The third-order valence-electron chi connectivity index (χ3n) is 3.19. The average molecular weight is 499 g/mol. The molecule has 0 radical (unpaired) electrons. The van der Waals surface area contributed by atoms with Crippen molar-refractivity contribution in [1.29, 1.82) is 0 Å². The molecule has 3 nitrogen and oxygen atoms in total. The lowest BCUT2D eigenvalue weighted by Gasteiger charge is -2.49. The highest BCUT2D eigenvalue weighted by molar-refractivity contribution is 7.87. The van der Waals surface area contributed by atoms with Crippen LogP contribution in [-0.2, 0) is 10.1 Å². The third-order valence-corrected chi connectivity index (χ3v) is 4.37. The number of hydrogen-bond donors (Lipinski definition) is 0. The van der Waals surface area contributed by atoms with Gasteiger partial charge >= 0.3 is 47.0 Å². The number of halogens is 17. The zero-order valence-electron chi connectivity index (χ0n) is 12.1. The van der Waals surface area contributed by atoms with Gasteiger partial charge in [0.1, 0.15) is 10.1 Å². The highest BCUT2D eigenvalue weighted by Crippen LogP contribution is 2.68. The molecule has 0 N–H and O–H groups in total. The average Bonchev–Trinajstić information content (AvgIpc) is 2.37. The molecule has 0 fully saturated rings. The monoisotopic (exact) mass is 499 g/mol. The van der Waals surface area contributed by atoms with Gasteiger partial charge in [0.2, 0.25) is 0 Å². The fourth-order valence-electron chi connectivity index (χ4n) is 1.84. The van der Waals surface area contributed by atoms with Crippen molar-refractivity contribution in [3.8, 4) is 0 Å². The van der Waals surface area contributed by atoms with E-state index < -0.39 is 57.1 Å². The van der Waals surface area contributed by atoms with E-state index in [0.29, 0.717) is 0 Å².